The van der Waals surface area contributed by atoms with E-state index in [1.54, 1.807) is 13.0 Å². The largest absolute Gasteiger partial charge is 0.489 e. The Bertz CT molecular complexity index is 1000. The summed E-state index contributed by atoms with van der Waals surface area (Å²) in [5.74, 6) is 1.54. The van der Waals surface area contributed by atoms with Gasteiger partial charge in [0.2, 0.25) is 0 Å². The molecule has 1 aromatic heterocycles. The lowest BCUT2D eigenvalue weighted by Gasteiger charge is -2.15. The van der Waals surface area contributed by atoms with Crippen molar-refractivity contribution in [1.82, 2.24) is 15.3 Å². The minimum Gasteiger partial charge on any atom is -0.489 e. The molecule has 1 heterocycles. The van der Waals surface area contributed by atoms with Crippen molar-refractivity contribution in [1.29, 1.82) is 0 Å². The Kier molecular flexibility index (Phi) is 6.44. The van der Waals surface area contributed by atoms with Crippen molar-refractivity contribution in [3.63, 3.8) is 0 Å². The van der Waals surface area contributed by atoms with Crippen LogP contribution in [0.4, 0.5) is 11.5 Å². The quantitative estimate of drug-likeness (QED) is 0.619. The van der Waals surface area contributed by atoms with Gasteiger partial charge in [-0.05, 0) is 51.0 Å². The monoisotopic (exact) mass is 390 g/mol. The molecule has 1 amide bonds. The number of anilines is 2. The maximum Gasteiger partial charge on any atom is 0.270 e. The van der Waals surface area contributed by atoms with E-state index in [0.29, 0.717) is 23.9 Å². The molecule has 0 unspecified atom stereocenters. The van der Waals surface area contributed by atoms with Crippen LogP contribution >= 0.6 is 0 Å². The number of hydrogen-bond acceptors (Lipinski definition) is 5. The summed E-state index contributed by atoms with van der Waals surface area (Å²) in [4.78, 5) is 21.3. The number of aromatic nitrogens is 2. The molecule has 0 atom stereocenters. The Morgan fingerprint density at radius 3 is 2.52 bits per heavy atom. The summed E-state index contributed by atoms with van der Waals surface area (Å²) in [5.41, 5.74) is 3.31. The summed E-state index contributed by atoms with van der Waals surface area (Å²) in [6, 6.07) is 17.2. The van der Waals surface area contributed by atoms with E-state index in [2.05, 4.69) is 20.6 Å². The van der Waals surface area contributed by atoms with Gasteiger partial charge in [-0.3, -0.25) is 4.79 Å². The molecule has 150 valence electrons. The van der Waals surface area contributed by atoms with E-state index in [1.807, 2.05) is 69.3 Å². The predicted octanol–water partition coefficient (Wildman–Crippen LogP) is 4.55. The van der Waals surface area contributed by atoms with Gasteiger partial charge in [0.05, 0.1) is 11.8 Å². The highest BCUT2D eigenvalue weighted by Crippen LogP contribution is 2.27. The molecule has 0 aliphatic carbocycles. The maximum atomic E-state index is 12.6. The first-order chi connectivity index (χ1) is 13.9. The Labute approximate surface area is 171 Å². The zero-order valence-electron chi connectivity index (χ0n) is 17.2. The van der Waals surface area contributed by atoms with E-state index >= 15 is 0 Å². The van der Waals surface area contributed by atoms with Gasteiger partial charge in [0, 0.05) is 12.6 Å². The van der Waals surface area contributed by atoms with Crippen LogP contribution in [0, 0.1) is 13.8 Å². The molecular weight excluding hydrogens is 364 g/mol. The summed E-state index contributed by atoms with van der Waals surface area (Å²) < 4.78 is 5.84. The van der Waals surface area contributed by atoms with Crippen molar-refractivity contribution >= 4 is 17.4 Å². The summed E-state index contributed by atoms with van der Waals surface area (Å²) in [7, 11) is 0. The SMILES string of the molecule is Cc1nc(Nc2ccccc2OC(C)C)cc(C(=O)NCc2ccccc2C)n1. The lowest BCUT2D eigenvalue weighted by molar-refractivity contribution is 0.0945. The molecule has 29 heavy (non-hydrogen) atoms. The van der Waals surface area contributed by atoms with Crippen LogP contribution in [0.3, 0.4) is 0 Å². The summed E-state index contributed by atoms with van der Waals surface area (Å²) in [6.45, 7) is 8.18. The third-order valence-electron chi connectivity index (χ3n) is 4.28. The van der Waals surface area contributed by atoms with Crippen molar-refractivity contribution in [2.24, 2.45) is 0 Å². The Morgan fingerprint density at radius 1 is 1.03 bits per heavy atom. The minimum atomic E-state index is -0.242. The molecule has 3 aromatic rings. The first-order valence-corrected chi connectivity index (χ1v) is 9.63. The number of amides is 1. The molecule has 0 saturated heterocycles. The molecule has 2 N–H and O–H groups in total. The van der Waals surface area contributed by atoms with Gasteiger partial charge >= 0.3 is 0 Å². The van der Waals surface area contributed by atoms with Crippen molar-refractivity contribution in [2.45, 2.75) is 40.3 Å². The number of rotatable bonds is 7. The van der Waals surface area contributed by atoms with Gasteiger partial charge in [-0.2, -0.15) is 0 Å². The smallest absolute Gasteiger partial charge is 0.270 e. The second kappa shape index (κ2) is 9.19. The van der Waals surface area contributed by atoms with Crippen LogP contribution in [0.5, 0.6) is 5.75 Å². The third-order valence-corrected chi connectivity index (χ3v) is 4.28. The van der Waals surface area contributed by atoms with Crippen molar-refractivity contribution in [2.75, 3.05) is 5.32 Å². The Balaban J connectivity index is 1.76. The van der Waals surface area contributed by atoms with Crippen LogP contribution in [0.2, 0.25) is 0 Å². The number of nitrogens with zero attached hydrogens (tertiary/aromatic N) is 2. The Morgan fingerprint density at radius 2 is 1.76 bits per heavy atom. The highest BCUT2D eigenvalue weighted by molar-refractivity contribution is 5.93. The highest BCUT2D eigenvalue weighted by Gasteiger charge is 2.12. The van der Waals surface area contributed by atoms with Crippen molar-refractivity contribution in [3.05, 3.63) is 77.2 Å². The normalized spacial score (nSPS) is 10.7. The molecule has 6 heteroatoms. The van der Waals surface area contributed by atoms with Gasteiger partial charge in [0.25, 0.3) is 5.91 Å². The second-order valence-electron chi connectivity index (χ2n) is 7.08. The second-order valence-corrected chi connectivity index (χ2v) is 7.08. The Hall–Kier alpha value is -3.41. The van der Waals surface area contributed by atoms with E-state index in [0.717, 1.165) is 22.6 Å². The summed E-state index contributed by atoms with van der Waals surface area (Å²) >= 11 is 0. The first-order valence-electron chi connectivity index (χ1n) is 9.63. The first kappa shape index (κ1) is 20.3. The topological polar surface area (TPSA) is 76.1 Å². The fraction of sp³-hybridized carbons (Fsp3) is 0.261. The molecule has 3 rings (SSSR count). The fourth-order valence-corrected chi connectivity index (χ4v) is 2.89. The van der Waals surface area contributed by atoms with Crippen LogP contribution in [0.15, 0.2) is 54.6 Å². The average Bonchev–Trinajstić information content (AvgIpc) is 2.68. The third kappa shape index (κ3) is 5.54. The lowest BCUT2D eigenvalue weighted by atomic mass is 10.1. The van der Waals surface area contributed by atoms with Crippen LogP contribution in [-0.2, 0) is 6.54 Å². The van der Waals surface area contributed by atoms with Crippen LogP contribution in [0.25, 0.3) is 0 Å². The predicted molar refractivity (Wildman–Crippen MR) is 115 cm³/mol. The van der Waals surface area contributed by atoms with Gasteiger partial charge in [0.15, 0.2) is 0 Å². The highest BCUT2D eigenvalue weighted by atomic mass is 16.5. The van der Waals surface area contributed by atoms with Crippen molar-refractivity contribution in [3.8, 4) is 5.75 Å². The molecule has 6 nitrogen and oxygen atoms in total. The van der Waals surface area contributed by atoms with Crippen LogP contribution in [-0.4, -0.2) is 22.0 Å². The molecular formula is C23H26N4O2. The number of aryl methyl sites for hydroxylation is 2. The number of carbonyl (C=O) groups excluding carboxylic acids is 1. The average molecular weight is 390 g/mol. The zero-order chi connectivity index (χ0) is 20.8. The number of para-hydroxylation sites is 2. The minimum absolute atomic E-state index is 0.0490. The number of benzene rings is 2. The van der Waals surface area contributed by atoms with Gasteiger partial charge < -0.3 is 15.4 Å². The van der Waals surface area contributed by atoms with Gasteiger partial charge in [-0.15, -0.1) is 0 Å². The molecule has 0 aliphatic heterocycles. The zero-order valence-corrected chi connectivity index (χ0v) is 17.2. The summed E-state index contributed by atoms with van der Waals surface area (Å²) in [6.07, 6.45) is 0.0490. The van der Waals surface area contributed by atoms with E-state index in [4.69, 9.17) is 4.74 Å². The van der Waals surface area contributed by atoms with Crippen LogP contribution in [0.1, 0.15) is 41.3 Å². The van der Waals surface area contributed by atoms with Gasteiger partial charge in [-0.25, -0.2) is 9.97 Å². The summed E-state index contributed by atoms with van der Waals surface area (Å²) in [5, 5.41) is 6.17. The molecule has 0 spiro atoms. The molecule has 0 bridgehead atoms. The van der Waals surface area contributed by atoms with E-state index in [1.165, 1.54) is 0 Å². The van der Waals surface area contributed by atoms with Gasteiger partial charge in [0.1, 0.15) is 23.1 Å². The fourth-order valence-electron chi connectivity index (χ4n) is 2.89. The van der Waals surface area contributed by atoms with Crippen molar-refractivity contribution < 1.29 is 9.53 Å². The molecule has 0 saturated carbocycles. The van der Waals surface area contributed by atoms with E-state index in [9.17, 15) is 4.79 Å². The van der Waals surface area contributed by atoms with Crippen LogP contribution < -0.4 is 15.4 Å². The molecule has 0 radical (unpaired) electrons. The van der Waals surface area contributed by atoms with Gasteiger partial charge in [-0.1, -0.05) is 36.4 Å². The lowest BCUT2D eigenvalue weighted by Crippen LogP contribution is -2.24. The number of hydrogen-bond donors (Lipinski definition) is 2. The number of ether oxygens (including phenoxy) is 1. The molecule has 2 aromatic carbocycles. The molecule has 0 fully saturated rings. The maximum absolute atomic E-state index is 12.6. The standard InChI is InChI=1S/C23H26N4O2/c1-15(2)29-21-12-8-7-11-19(21)27-22-13-20(25-17(4)26-22)23(28)24-14-18-10-6-5-9-16(18)3/h5-13,15H,14H2,1-4H3,(H,24,28)(H,25,26,27). The number of nitrogens with one attached hydrogen (secondary N) is 2. The van der Waals surface area contributed by atoms with E-state index < -0.39 is 0 Å². The number of carbonyl (C=O) groups is 1. The molecule has 0 aliphatic rings. The van der Waals surface area contributed by atoms with E-state index in [-0.39, 0.29) is 12.0 Å².